The van der Waals surface area contributed by atoms with Crippen molar-refractivity contribution in [3.05, 3.63) is 66.1 Å². The Balaban J connectivity index is 0.00000112. The van der Waals surface area contributed by atoms with Crippen molar-refractivity contribution in [2.75, 3.05) is 26.7 Å². The highest BCUT2D eigenvalue weighted by atomic mass is 35.5. The third-order valence-electron chi connectivity index (χ3n) is 5.92. The van der Waals surface area contributed by atoms with Crippen LogP contribution in [-0.2, 0) is 6.54 Å². The van der Waals surface area contributed by atoms with Crippen molar-refractivity contribution >= 4 is 24.8 Å². The molecule has 2 saturated heterocycles. The van der Waals surface area contributed by atoms with Gasteiger partial charge in [0.25, 0.3) is 0 Å². The summed E-state index contributed by atoms with van der Waals surface area (Å²) in [5.41, 5.74) is 2.38. The molecule has 0 amide bonds. The van der Waals surface area contributed by atoms with E-state index in [0.717, 1.165) is 42.8 Å². The molecule has 1 N–H and O–H groups in total. The topological polar surface area (TPSA) is 48.3 Å². The summed E-state index contributed by atoms with van der Waals surface area (Å²) in [7, 11) is 2.27. The van der Waals surface area contributed by atoms with Crippen molar-refractivity contribution in [3.63, 3.8) is 0 Å². The second-order valence-electron chi connectivity index (χ2n) is 7.65. The monoisotopic (exact) mass is 420 g/mol. The fraction of sp³-hybridized carbons (Fsp3) is 0.381. The normalized spacial score (nSPS) is 24.5. The Morgan fingerprint density at radius 2 is 1.86 bits per heavy atom. The highest BCUT2D eigenvalue weighted by Crippen LogP contribution is 2.44. The average molecular weight is 421 g/mol. The van der Waals surface area contributed by atoms with E-state index in [1.807, 2.05) is 12.1 Å². The molecule has 0 radical (unpaired) electrons. The molecule has 0 bridgehead atoms. The summed E-state index contributed by atoms with van der Waals surface area (Å²) in [5.74, 6) is 3.33. The Kier molecular flexibility index (Phi) is 6.50. The van der Waals surface area contributed by atoms with Crippen LogP contribution < -0.4 is 0 Å². The molecule has 5 nitrogen and oxygen atoms in total. The van der Waals surface area contributed by atoms with E-state index >= 15 is 0 Å². The van der Waals surface area contributed by atoms with Crippen LogP contribution in [0.25, 0.3) is 11.5 Å². The summed E-state index contributed by atoms with van der Waals surface area (Å²) in [5, 5.41) is 6.95. The molecular formula is C21H26Cl2N4O. The van der Waals surface area contributed by atoms with E-state index in [1.54, 1.807) is 6.20 Å². The van der Waals surface area contributed by atoms with Gasteiger partial charge in [-0.05, 0) is 42.6 Å². The number of benzene rings is 1. The number of H-pyrrole nitrogens is 1. The number of rotatable bonds is 4. The lowest BCUT2D eigenvalue weighted by molar-refractivity contribution is 0.216. The standard InChI is InChI=1S/C21H24N4O.2ClH/c1-24-11-16-12-25(14-18(16)21(24)15-5-3-2-4-6-15)13-17-7-8-20(26-17)19-9-10-22-23-19;;/h2-10,16,18,21H,11-14H2,1H3,(H,22,23);2*1H/t16-,18+,21-;;/m0../s1. The molecular weight excluding hydrogens is 395 g/mol. The number of aromatic nitrogens is 2. The van der Waals surface area contributed by atoms with Gasteiger partial charge in [0.1, 0.15) is 11.5 Å². The van der Waals surface area contributed by atoms with Gasteiger partial charge in [-0.3, -0.25) is 14.9 Å². The number of fused-ring (bicyclic) bond motifs is 1. The number of likely N-dealkylation sites (tertiary alicyclic amines) is 2. The van der Waals surface area contributed by atoms with Crippen LogP contribution in [0.15, 0.2) is 59.1 Å². The molecule has 5 rings (SSSR count). The van der Waals surface area contributed by atoms with Crippen molar-refractivity contribution in [2.45, 2.75) is 12.6 Å². The summed E-state index contributed by atoms with van der Waals surface area (Å²) < 4.78 is 6.02. The predicted octanol–water partition coefficient (Wildman–Crippen LogP) is 4.25. The lowest BCUT2D eigenvalue weighted by atomic mass is 9.90. The van der Waals surface area contributed by atoms with Gasteiger partial charge in [-0.2, -0.15) is 5.10 Å². The Hall–Kier alpha value is -1.79. The molecule has 7 heteroatoms. The van der Waals surface area contributed by atoms with E-state index in [2.05, 4.69) is 63.4 Å². The minimum atomic E-state index is 0. The van der Waals surface area contributed by atoms with Crippen molar-refractivity contribution in [3.8, 4) is 11.5 Å². The molecule has 3 aromatic rings. The molecule has 2 aliphatic heterocycles. The highest BCUT2D eigenvalue weighted by Gasteiger charge is 2.45. The Labute approximate surface area is 177 Å². The molecule has 28 heavy (non-hydrogen) atoms. The molecule has 150 valence electrons. The Morgan fingerprint density at radius 1 is 1.04 bits per heavy atom. The maximum atomic E-state index is 6.02. The lowest BCUT2D eigenvalue weighted by Crippen LogP contribution is -2.28. The van der Waals surface area contributed by atoms with Crippen molar-refractivity contribution in [2.24, 2.45) is 11.8 Å². The van der Waals surface area contributed by atoms with E-state index in [0.29, 0.717) is 12.0 Å². The van der Waals surface area contributed by atoms with E-state index in [9.17, 15) is 0 Å². The first-order valence-electron chi connectivity index (χ1n) is 9.34. The minimum absolute atomic E-state index is 0. The van der Waals surface area contributed by atoms with Crippen LogP contribution in [0.2, 0.25) is 0 Å². The number of hydrogen-bond donors (Lipinski definition) is 1. The highest BCUT2D eigenvalue weighted by molar-refractivity contribution is 5.85. The maximum Gasteiger partial charge on any atom is 0.152 e. The van der Waals surface area contributed by atoms with Gasteiger partial charge in [-0.1, -0.05) is 30.3 Å². The van der Waals surface area contributed by atoms with Crippen LogP contribution in [0.5, 0.6) is 0 Å². The van der Waals surface area contributed by atoms with Crippen LogP contribution >= 0.6 is 24.8 Å². The van der Waals surface area contributed by atoms with Gasteiger partial charge in [0.2, 0.25) is 0 Å². The van der Waals surface area contributed by atoms with Gasteiger partial charge >= 0.3 is 0 Å². The second-order valence-corrected chi connectivity index (χ2v) is 7.65. The van der Waals surface area contributed by atoms with Crippen LogP contribution in [0.4, 0.5) is 0 Å². The van der Waals surface area contributed by atoms with E-state index in [-0.39, 0.29) is 24.8 Å². The van der Waals surface area contributed by atoms with Gasteiger partial charge in [-0.15, -0.1) is 24.8 Å². The fourth-order valence-corrected chi connectivity index (χ4v) is 4.85. The minimum Gasteiger partial charge on any atom is -0.458 e. The number of hydrogen-bond acceptors (Lipinski definition) is 4. The molecule has 0 spiro atoms. The van der Waals surface area contributed by atoms with Crippen LogP contribution in [0.3, 0.4) is 0 Å². The zero-order valence-electron chi connectivity index (χ0n) is 15.8. The van der Waals surface area contributed by atoms with E-state index in [4.69, 9.17) is 4.42 Å². The van der Waals surface area contributed by atoms with Gasteiger partial charge < -0.3 is 4.42 Å². The lowest BCUT2D eigenvalue weighted by Gasteiger charge is -2.26. The first-order chi connectivity index (χ1) is 12.8. The van der Waals surface area contributed by atoms with Crippen molar-refractivity contribution < 1.29 is 4.42 Å². The molecule has 2 fully saturated rings. The summed E-state index contributed by atoms with van der Waals surface area (Å²) in [6.07, 6.45) is 1.75. The molecule has 3 atom stereocenters. The molecule has 0 unspecified atom stereocenters. The smallest absolute Gasteiger partial charge is 0.152 e. The average Bonchev–Trinajstić information content (AvgIpc) is 3.40. The van der Waals surface area contributed by atoms with Crippen molar-refractivity contribution in [1.29, 1.82) is 0 Å². The predicted molar refractivity (Wildman–Crippen MR) is 115 cm³/mol. The SMILES string of the molecule is CN1C[C@H]2CN(Cc3ccc(-c4ccn[nH]4)o3)C[C@H]2[C@@H]1c1ccccc1.Cl.Cl. The largest absolute Gasteiger partial charge is 0.458 e. The van der Waals surface area contributed by atoms with Crippen molar-refractivity contribution in [1.82, 2.24) is 20.0 Å². The zero-order chi connectivity index (χ0) is 17.5. The van der Waals surface area contributed by atoms with Gasteiger partial charge in [0.15, 0.2) is 5.76 Å². The molecule has 2 aromatic heterocycles. The quantitative estimate of drug-likeness (QED) is 0.685. The first-order valence-corrected chi connectivity index (χ1v) is 9.34. The summed E-state index contributed by atoms with van der Waals surface area (Å²) >= 11 is 0. The van der Waals surface area contributed by atoms with E-state index in [1.165, 1.54) is 12.1 Å². The van der Waals surface area contributed by atoms with Crippen LogP contribution in [-0.4, -0.2) is 46.7 Å². The molecule has 1 aromatic carbocycles. The third kappa shape index (κ3) is 3.85. The number of aromatic amines is 1. The Morgan fingerprint density at radius 3 is 2.61 bits per heavy atom. The summed E-state index contributed by atoms with van der Waals surface area (Å²) in [4.78, 5) is 5.08. The molecule has 0 saturated carbocycles. The summed E-state index contributed by atoms with van der Waals surface area (Å²) in [6.45, 7) is 4.34. The number of halogens is 2. The number of nitrogens with one attached hydrogen (secondary N) is 1. The first kappa shape index (κ1) is 20.9. The van der Waals surface area contributed by atoms with Crippen LogP contribution in [0.1, 0.15) is 17.4 Å². The summed E-state index contributed by atoms with van der Waals surface area (Å²) in [6, 6.07) is 17.5. The van der Waals surface area contributed by atoms with Gasteiger partial charge in [0, 0.05) is 31.9 Å². The van der Waals surface area contributed by atoms with Gasteiger partial charge in [-0.25, -0.2) is 0 Å². The molecule has 2 aliphatic rings. The number of furan rings is 1. The van der Waals surface area contributed by atoms with Crippen LogP contribution in [0, 0.1) is 11.8 Å². The fourth-order valence-electron chi connectivity index (χ4n) is 4.85. The van der Waals surface area contributed by atoms with Gasteiger partial charge in [0.05, 0.1) is 6.54 Å². The Bertz CT molecular complexity index is 868. The zero-order valence-corrected chi connectivity index (χ0v) is 17.5. The maximum absolute atomic E-state index is 6.02. The molecule has 0 aliphatic carbocycles. The third-order valence-corrected chi connectivity index (χ3v) is 5.92. The molecule has 4 heterocycles. The number of nitrogens with zero attached hydrogens (tertiary/aromatic N) is 3. The van der Waals surface area contributed by atoms with E-state index < -0.39 is 0 Å². The second kappa shape index (κ2) is 8.70.